The number of hydrogen-bond acceptors (Lipinski definition) is 10. The lowest BCUT2D eigenvalue weighted by Gasteiger charge is -2.28. The number of carbonyl (C=O) groups excluding carboxylic acids is 4. The molecule has 2 amide bonds. The fraction of sp³-hybridized carbons (Fsp3) is 0.467. The highest BCUT2D eigenvalue weighted by molar-refractivity contribution is 6.26. The highest BCUT2D eigenvalue weighted by Crippen LogP contribution is 2.34. The van der Waals surface area contributed by atoms with Crippen LogP contribution in [0.25, 0.3) is 10.8 Å². The Labute approximate surface area is 243 Å². The number of anilines is 1. The molecule has 2 aromatic rings. The molecule has 2 atom stereocenters. The Morgan fingerprint density at radius 3 is 2.40 bits per heavy atom. The lowest BCUT2D eigenvalue weighted by molar-refractivity contribution is -0.870. The average molecular weight is 585 g/mol. The Balaban J connectivity index is 1.26. The zero-order valence-electron chi connectivity index (χ0n) is 24.1. The van der Waals surface area contributed by atoms with E-state index in [0.29, 0.717) is 35.8 Å². The molecule has 0 spiro atoms. The number of benzene rings is 2. The maximum absolute atomic E-state index is 13.3. The van der Waals surface area contributed by atoms with Crippen molar-refractivity contribution in [3.63, 3.8) is 0 Å². The van der Waals surface area contributed by atoms with Crippen molar-refractivity contribution in [2.75, 3.05) is 52.7 Å². The number of quaternary nitrogens is 1. The van der Waals surface area contributed by atoms with E-state index in [0.717, 1.165) is 35.1 Å². The molecule has 4 N–H and O–H groups in total. The van der Waals surface area contributed by atoms with Crippen LogP contribution < -0.4 is 5.32 Å². The number of cyclic esters (lactones) is 1. The standard InChI is InChI=1S/C30H37N3O9/c1-33(2,3)16-8-14-31-21-13-12-20-24-18(21)9-7-10-19(24)28(38)32(29(20)39)15-6-4-5-11-23(35)41-17-22(34)27-25(36)26(37)30(40)42-27/h7,9-10,12-13,22,27,34H,4-6,8,11,14-17H2,1-3H3,(H2-,31,36,37,38,39,40)/p+1. The topological polar surface area (TPSA) is 163 Å². The first-order valence-corrected chi connectivity index (χ1v) is 14.0. The minimum atomic E-state index is -1.54. The molecule has 0 saturated heterocycles. The third-order valence-electron chi connectivity index (χ3n) is 7.28. The molecule has 2 aromatic carbocycles. The van der Waals surface area contributed by atoms with Gasteiger partial charge < -0.3 is 34.6 Å². The van der Waals surface area contributed by atoms with E-state index in [1.54, 1.807) is 12.1 Å². The van der Waals surface area contributed by atoms with Gasteiger partial charge in [0.2, 0.25) is 5.76 Å². The first kappa shape index (κ1) is 30.8. The van der Waals surface area contributed by atoms with Crippen LogP contribution in [0.3, 0.4) is 0 Å². The molecule has 2 heterocycles. The number of esters is 2. The third kappa shape index (κ3) is 6.82. The maximum Gasteiger partial charge on any atom is 0.377 e. The van der Waals surface area contributed by atoms with Crippen molar-refractivity contribution in [1.82, 2.24) is 4.90 Å². The van der Waals surface area contributed by atoms with Crippen molar-refractivity contribution >= 4 is 40.2 Å². The van der Waals surface area contributed by atoms with Crippen LogP contribution in [0.4, 0.5) is 5.69 Å². The molecule has 0 aromatic heterocycles. The number of hydrogen-bond donors (Lipinski definition) is 4. The minimum absolute atomic E-state index is 0.0266. The summed E-state index contributed by atoms with van der Waals surface area (Å²) in [6.45, 7) is 1.45. The maximum atomic E-state index is 13.3. The van der Waals surface area contributed by atoms with E-state index >= 15 is 0 Å². The summed E-state index contributed by atoms with van der Waals surface area (Å²) in [5, 5.41) is 33.9. The van der Waals surface area contributed by atoms with Gasteiger partial charge in [-0.05, 0) is 31.0 Å². The van der Waals surface area contributed by atoms with Crippen LogP contribution in [0.2, 0.25) is 0 Å². The van der Waals surface area contributed by atoms with Gasteiger partial charge in [0, 0.05) is 53.5 Å². The summed E-state index contributed by atoms with van der Waals surface area (Å²) in [4.78, 5) is 51.1. The van der Waals surface area contributed by atoms with Crippen LogP contribution in [-0.4, -0.2) is 108 Å². The zero-order chi connectivity index (χ0) is 30.6. The predicted molar refractivity (Wildman–Crippen MR) is 153 cm³/mol. The molecule has 0 saturated carbocycles. The van der Waals surface area contributed by atoms with Crippen LogP contribution in [0.15, 0.2) is 41.9 Å². The number of amides is 2. The first-order valence-electron chi connectivity index (χ1n) is 14.0. The van der Waals surface area contributed by atoms with Crippen molar-refractivity contribution in [2.45, 2.75) is 44.3 Å². The van der Waals surface area contributed by atoms with Gasteiger partial charge in [0.05, 0.1) is 27.7 Å². The highest BCUT2D eigenvalue weighted by Gasteiger charge is 2.39. The number of aliphatic hydroxyl groups excluding tert-OH is 3. The van der Waals surface area contributed by atoms with E-state index in [1.807, 2.05) is 18.2 Å². The number of rotatable bonds is 14. The van der Waals surface area contributed by atoms with Gasteiger partial charge in [-0.3, -0.25) is 19.3 Å². The molecule has 0 aliphatic carbocycles. The molecule has 0 radical (unpaired) electrons. The molecule has 2 unspecified atom stereocenters. The third-order valence-corrected chi connectivity index (χ3v) is 7.28. The molecule has 226 valence electrons. The smallest absolute Gasteiger partial charge is 0.377 e. The monoisotopic (exact) mass is 584 g/mol. The van der Waals surface area contributed by atoms with E-state index < -0.39 is 42.3 Å². The van der Waals surface area contributed by atoms with E-state index in [-0.39, 0.29) is 24.8 Å². The molecular formula is C30H38N3O9+. The van der Waals surface area contributed by atoms with E-state index in [2.05, 4.69) is 31.2 Å². The Morgan fingerprint density at radius 2 is 1.74 bits per heavy atom. The number of ether oxygens (including phenoxy) is 2. The lowest BCUT2D eigenvalue weighted by atomic mass is 9.92. The van der Waals surface area contributed by atoms with Crippen LogP contribution in [0.1, 0.15) is 52.8 Å². The Hall–Kier alpha value is -4.16. The fourth-order valence-electron chi connectivity index (χ4n) is 5.06. The first-order chi connectivity index (χ1) is 19.9. The highest BCUT2D eigenvalue weighted by atomic mass is 16.6. The second kappa shape index (κ2) is 12.8. The summed E-state index contributed by atoms with van der Waals surface area (Å²) in [5.41, 5.74) is 1.86. The minimum Gasteiger partial charge on any atom is -0.505 e. The number of nitrogens with zero attached hydrogens (tertiary/aromatic N) is 2. The number of imide groups is 1. The van der Waals surface area contributed by atoms with Gasteiger partial charge in [-0.1, -0.05) is 18.6 Å². The second-order valence-corrected chi connectivity index (χ2v) is 11.6. The molecule has 42 heavy (non-hydrogen) atoms. The molecule has 2 aliphatic rings. The molecular weight excluding hydrogens is 546 g/mol. The normalized spacial score (nSPS) is 17.6. The van der Waals surface area contributed by atoms with E-state index in [9.17, 15) is 34.5 Å². The predicted octanol–water partition coefficient (Wildman–Crippen LogP) is 2.66. The Kier molecular flexibility index (Phi) is 9.37. The SMILES string of the molecule is C[N+](C)(C)CCCNc1ccc2c3c(cccc13)C(=O)N(CCCCCC(=O)OCC(O)C1OC(=O)C(O)=C1O)C2=O. The summed E-state index contributed by atoms with van der Waals surface area (Å²) >= 11 is 0. The van der Waals surface area contributed by atoms with Gasteiger partial charge in [-0.15, -0.1) is 0 Å². The number of carbonyl (C=O) groups is 4. The van der Waals surface area contributed by atoms with Crippen LogP contribution in [-0.2, 0) is 19.1 Å². The lowest BCUT2D eigenvalue weighted by Crippen LogP contribution is -2.40. The van der Waals surface area contributed by atoms with Crippen molar-refractivity contribution in [3.8, 4) is 0 Å². The molecule has 0 bridgehead atoms. The van der Waals surface area contributed by atoms with Gasteiger partial charge in [0.1, 0.15) is 12.7 Å². The summed E-state index contributed by atoms with van der Waals surface area (Å²) in [6.07, 6.45) is -0.584. The van der Waals surface area contributed by atoms with Gasteiger partial charge in [0.15, 0.2) is 11.9 Å². The van der Waals surface area contributed by atoms with Gasteiger partial charge in [0.25, 0.3) is 11.8 Å². The van der Waals surface area contributed by atoms with Crippen molar-refractivity contribution in [2.24, 2.45) is 0 Å². The number of nitrogens with one attached hydrogen (secondary N) is 1. The zero-order valence-corrected chi connectivity index (χ0v) is 24.1. The Morgan fingerprint density at radius 1 is 1.02 bits per heavy atom. The fourth-order valence-corrected chi connectivity index (χ4v) is 5.06. The largest absolute Gasteiger partial charge is 0.505 e. The summed E-state index contributed by atoms with van der Waals surface area (Å²) in [5.74, 6) is -4.27. The quantitative estimate of drug-likeness (QED) is 0.112. The van der Waals surface area contributed by atoms with Crippen molar-refractivity contribution < 1.29 is 48.5 Å². The average Bonchev–Trinajstić information content (AvgIpc) is 3.21. The molecule has 4 rings (SSSR count). The van der Waals surface area contributed by atoms with Crippen molar-refractivity contribution in [3.05, 3.63) is 53.0 Å². The van der Waals surface area contributed by atoms with Crippen LogP contribution >= 0.6 is 0 Å². The second-order valence-electron chi connectivity index (χ2n) is 11.6. The molecule has 2 aliphatic heterocycles. The Bertz CT molecular complexity index is 1390. The van der Waals surface area contributed by atoms with Gasteiger partial charge in [-0.25, -0.2) is 4.79 Å². The molecule has 0 fully saturated rings. The summed E-state index contributed by atoms with van der Waals surface area (Å²) in [7, 11) is 6.43. The van der Waals surface area contributed by atoms with Gasteiger partial charge >= 0.3 is 11.9 Å². The van der Waals surface area contributed by atoms with Crippen LogP contribution in [0, 0.1) is 0 Å². The van der Waals surface area contributed by atoms with Crippen LogP contribution in [0.5, 0.6) is 0 Å². The molecule has 12 nitrogen and oxygen atoms in total. The van der Waals surface area contributed by atoms with Crippen molar-refractivity contribution in [1.29, 1.82) is 0 Å². The summed E-state index contributed by atoms with van der Waals surface area (Å²) in [6, 6.07) is 9.14. The molecule has 12 heteroatoms. The summed E-state index contributed by atoms with van der Waals surface area (Å²) < 4.78 is 10.5. The number of aliphatic hydroxyl groups is 3. The van der Waals surface area contributed by atoms with Gasteiger partial charge in [-0.2, -0.15) is 0 Å². The number of unbranched alkanes of at least 4 members (excludes halogenated alkanes) is 2. The van der Waals surface area contributed by atoms with E-state index in [4.69, 9.17) is 4.74 Å². The van der Waals surface area contributed by atoms with E-state index in [1.165, 1.54) is 4.90 Å².